The molecule has 0 aliphatic rings. The fourth-order valence-electron chi connectivity index (χ4n) is 0.873. The minimum Gasteiger partial charge on any atom is -0.474 e. The van der Waals surface area contributed by atoms with Gasteiger partial charge in [-0.3, -0.25) is 5.41 Å². The number of methoxy groups -OCH3 is 1. The zero-order valence-corrected chi connectivity index (χ0v) is 13.1. The molecule has 0 fully saturated rings. The number of rotatable bonds is 9. The monoisotopic (exact) mass is 333 g/mol. The van der Waals surface area contributed by atoms with E-state index in [4.69, 9.17) is 59.2 Å². The predicted molar refractivity (Wildman–Crippen MR) is 76.4 cm³/mol. The molecule has 0 spiro atoms. The maximum absolute atomic E-state index is 7.29. The summed E-state index contributed by atoms with van der Waals surface area (Å²) >= 11 is 16.3. The molecule has 0 aliphatic carbocycles. The molecule has 0 radical (unpaired) electrons. The molecule has 1 atom stereocenters. The Morgan fingerprint density at radius 1 is 1.32 bits per heavy atom. The molecule has 0 heterocycles. The third-order valence-corrected chi connectivity index (χ3v) is 2.35. The maximum Gasteiger partial charge on any atom is 0.265 e. The molecule has 0 bridgehead atoms. The van der Waals surface area contributed by atoms with E-state index in [-0.39, 0.29) is 19.5 Å². The van der Waals surface area contributed by atoms with E-state index in [2.05, 4.69) is 0 Å². The van der Waals surface area contributed by atoms with Crippen LogP contribution < -0.4 is 0 Å². The zero-order chi connectivity index (χ0) is 14.7. The Morgan fingerprint density at radius 3 is 2.58 bits per heavy atom. The van der Waals surface area contributed by atoms with Crippen molar-refractivity contribution >= 4 is 40.7 Å². The first-order chi connectivity index (χ1) is 8.88. The van der Waals surface area contributed by atoms with E-state index in [1.807, 2.05) is 6.92 Å². The van der Waals surface area contributed by atoms with Crippen molar-refractivity contribution in [1.29, 1.82) is 5.41 Å². The van der Waals surface area contributed by atoms with Crippen molar-refractivity contribution in [3.8, 4) is 0 Å². The minimum absolute atomic E-state index is 0.130. The van der Waals surface area contributed by atoms with Gasteiger partial charge in [0.25, 0.3) is 3.79 Å². The molecule has 0 aromatic carbocycles. The third-order valence-electron chi connectivity index (χ3n) is 1.83. The van der Waals surface area contributed by atoms with Crippen LogP contribution in [0.25, 0.3) is 0 Å². The lowest BCUT2D eigenvalue weighted by molar-refractivity contribution is -0.0803. The quantitative estimate of drug-likeness (QED) is 0.176. The van der Waals surface area contributed by atoms with E-state index >= 15 is 0 Å². The highest BCUT2D eigenvalue weighted by molar-refractivity contribution is 6.76. The maximum atomic E-state index is 7.29. The highest BCUT2D eigenvalue weighted by Gasteiger charge is 2.28. The molecule has 0 aromatic heterocycles. The number of hydrogen-bond acceptors (Lipinski definition) is 5. The van der Waals surface area contributed by atoms with E-state index in [0.717, 1.165) is 0 Å². The summed E-state index contributed by atoms with van der Waals surface area (Å²) in [5, 5.41) is 7.29. The summed E-state index contributed by atoms with van der Waals surface area (Å²) in [6, 6.07) is 0. The third kappa shape index (κ3) is 11.5. The van der Waals surface area contributed by atoms with E-state index in [1.165, 1.54) is 0 Å². The number of alkyl halides is 3. The predicted octanol–water partition coefficient (Wildman–Crippen LogP) is 2.93. The lowest BCUT2D eigenvalue weighted by atomic mass is 10.3. The minimum atomic E-state index is -1.83. The Bertz CT molecular complexity index is 282. The first-order valence-corrected chi connectivity index (χ1v) is 6.64. The van der Waals surface area contributed by atoms with Gasteiger partial charge in [-0.1, -0.05) is 40.9 Å². The lowest BCUT2D eigenvalue weighted by Gasteiger charge is -2.12. The van der Waals surface area contributed by atoms with Crippen molar-refractivity contribution in [2.75, 3.05) is 33.7 Å². The van der Waals surface area contributed by atoms with Crippen molar-refractivity contribution in [3.05, 3.63) is 12.2 Å². The van der Waals surface area contributed by atoms with Gasteiger partial charge in [0.1, 0.15) is 13.4 Å². The molecule has 1 N–H and O–H groups in total. The molecule has 8 heteroatoms. The van der Waals surface area contributed by atoms with Gasteiger partial charge in [-0.2, -0.15) is 0 Å². The Hall–Kier alpha value is -0.0400. The first-order valence-electron chi connectivity index (χ1n) is 5.51. The SMILES string of the molecule is COCCOCO[C@@H](C)/C=C/COC(=N)C(Cl)(Cl)Cl. The van der Waals surface area contributed by atoms with E-state index in [0.29, 0.717) is 13.2 Å². The summed E-state index contributed by atoms with van der Waals surface area (Å²) in [6.45, 7) is 3.16. The molecule has 0 aromatic rings. The average Bonchev–Trinajstić information content (AvgIpc) is 2.33. The number of halogens is 3. The Kier molecular flexibility index (Phi) is 10.7. The Labute approximate surface area is 128 Å². The van der Waals surface area contributed by atoms with Gasteiger partial charge < -0.3 is 18.9 Å². The van der Waals surface area contributed by atoms with Crippen molar-refractivity contribution in [1.82, 2.24) is 0 Å². The van der Waals surface area contributed by atoms with Crippen LogP contribution in [0.3, 0.4) is 0 Å². The molecule has 5 nitrogen and oxygen atoms in total. The van der Waals surface area contributed by atoms with Gasteiger partial charge in [-0.25, -0.2) is 0 Å². The largest absolute Gasteiger partial charge is 0.474 e. The average molecular weight is 335 g/mol. The Balaban J connectivity index is 3.62. The molecule has 0 saturated carbocycles. The molecular weight excluding hydrogens is 316 g/mol. The lowest BCUT2D eigenvalue weighted by Crippen LogP contribution is -2.21. The topological polar surface area (TPSA) is 60.8 Å². The van der Waals surface area contributed by atoms with Crippen LogP contribution in [-0.2, 0) is 18.9 Å². The first kappa shape index (κ1) is 19.0. The van der Waals surface area contributed by atoms with Crippen LogP contribution in [0.4, 0.5) is 0 Å². The van der Waals surface area contributed by atoms with Gasteiger partial charge in [0.05, 0.1) is 19.3 Å². The van der Waals surface area contributed by atoms with Gasteiger partial charge in [-0.15, -0.1) is 0 Å². The van der Waals surface area contributed by atoms with Crippen LogP contribution in [0.2, 0.25) is 0 Å². The van der Waals surface area contributed by atoms with Crippen molar-refractivity contribution in [2.24, 2.45) is 0 Å². The van der Waals surface area contributed by atoms with Gasteiger partial charge in [0, 0.05) is 7.11 Å². The van der Waals surface area contributed by atoms with Crippen LogP contribution in [0.15, 0.2) is 12.2 Å². The van der Waals surface area contributed by atoms with Crippen molar-refractivity contribution in [3.63, 3.8) is 0 Å². The van der Waals surface area contributed by atoms with Crippen LogP contribution in [0.1, 0.15) is 6.92 Å². The highest BCUT2D eigenvalue weighted by atomic mass is 35.6. The van der Waals surface area contributed by atoms with Gasteiger partial charge >= 0.3 is 0 Å². The second-order valence-electron chi connectivity index (χ2n) is 3.46. The molecule has 0 amide bonds. The molecule has 112 valence electrons. The van der Waals surface area contributed by atoms with Gasteiger partial charge in [-0.05, 0) is 13.0 Å². The number of hydrogen-bond donors (Lipinski definition) is 1. The second-order valence-corrected chi connectivity index (χ2v) is 5.74. The summed E-state index contributed by atoms with van der Waals surface area (Å²) in [5.41, 5.74) is 0. The second kappa shape index (κ2) is 10.7. The molecule has 0 aliphatic heterocycles. The standard InChI is InChI=1S/C11H18Cl3NO4/c1-9(19-8-17-7-6-16-2)4-3-5-18-10(15)11(12,13)14/h3-4,9,15H,5-8H2,1-2H3/b4-3+,15-10?/t9-/m0/s1. The summed E-state index contributed by atoms with van der Waals surface area (Å²) in [5.74, 6) is -0.418. The molecule has 0 rings (SSSR count). The van der Waals surface area contributed by atoms with E-state index in [9.17, 15) is 0 Å². The van der Waals surface area contributed by atoms with Crippen molar-refractivity contribution < 1.29 is 18.9 Å². The van der Waals surface area contributed by atoms with Gasteiger partial charge in [0.2, 0.25) is 5.90 Å². The van der Waals surface area contributed by atoms with E-state index < -0.39 is 9.69 Å². The van der Waals surface area contributed by atoms with E-state index in [1.54, 1.807) is 19.3 Å². The molecule has 0 saturated heterocycles. The Morgan fingerprint density at radius 2 is 2.00 bits per heavy atom. The smallest absolute Gasteiger partial charge is 0.265 e. The molecular formula is C11H18Cl3NO4. The highest BCUT2D eigenvalue weighted by Crippen LogP contribution is 2.27. The number of nitrogens with one attached hydrogen (secondary N) is 1. The van der Waals surface area contributed by atoms with Crippen LogP contribution in [0, 0.1) is 5.41 Å². The number of ether oxygens (including phenoxy) is 4. The molecule has 19 heavy (non-hydrogen) atoms. The summed E-state index contributed by atoms with van der Waals surface area (Å²) in [6.07, 6.45) is 3.28. The normalized spacial score (nSPS) is 13.7. The summed E-state index contributed by atoms with van der Waals surface area (Å²) in [7, 11) is 1.60. The fourth-order valence-corrected chi connectivity index (χ4v) is 1.04. The van der Waals surface area contributed by atoms with Crippen LogP contribution in [-0.4, -0.2) is 49.5 Å². The van der Waals surface area contributed by atoms with Crippen LogP contribution in [0.5, 0.6) is 0 Å². The summed E-state index contributed by atoms with van der Waals surface area (Å²) in [4.78, 5) is 0. The molecule has 0 unspecified atom stereocenters. The van der Waals surface area contributed by atoms with Crippen LogP contribution >= 0.6 is 34.8 Å². The fraction of sp³-hybridized carbons (Fsp3) is 0.727. The van der Waals surface area contributed by atoms with Crippen molar-refractivity contribution in [2.45, 2.75) is 16.8 Å². The summed E-state index contributed by atoms with van der Waals surface area (Å²) < 4.78 is 18.3. The zero-order valence-electron chi connectivity index (χ0n) is 10.8. The van der Waals surface area contributed by atoms with Gasteiger partial charge in [0.15, 0.2) is 0 Å².